The molecular formula is C13H17O. The third-order valence-electron chi connectivity index (χ3n) is 2.09. The molecule has 0 aliphatic rings. The van der Waals surface area contributed by atoms with Gasteiger partial charge in [0, 0.05) is 0 Å². The predicted octanol–water partition coefficient (Wildman–Crippen LogP) is 3.38. The van der Waals surface area contributed by atoms with E-state index in [0.717, 1.165) is 24.2 Å². The molecule has 1 heteroatoms. The summed E-state index contributed by atoms with van der Waals surface area (Å²) < 4.78 is 5.56. The van der Waals surface area contributed by atoms with Gasteiger partial charge in [0.25, 0.3) is 0 Å². The van der Waals surface area contributed by atoms with Crippen LogP contribution in [0.4, 0.5) is 0 Å². The highest BCUT2D eigenvalue weighted by Crippen LogP contribution is 2.22. The Labute approximate surface area is 86.4 Å². The lowest BCUT2D eigenvalue weighted by Crippen LogP contribution is -1.97. The molecule has 0 saturated heterocycles. The van der Waals surface area contributed by atoms with Crippen molar-refractivity contribution in [1.29, 1.82) is 0 Å². The minimum Gasteiger partial charge on any atom is -0.494 e. The lowest BCUT2D eigenvalue weighted by molar-refractivity contribution is 0.336. The standard InChI is InChI=1S/C13H17O/c1-4-7-12-9-8-11(5-2)10-13(12)14-6-3/h8-10H,2,4,6-7H2,1,3H3. The van der Waals surface area contributed by atoms with Crippen LogP contribution in [-0.4, -0.2) is 6.61 Å². The van der Waals surface area contributed by atoms with Gasteiger partial charge in [-0.2, -0.15) is 0 Å². The Hall–Kier alpha value is -1.24. The summed E-state index contributed by atoms with van der Waals surface area (Å²) in [5, 5.41) is 0. The van der Waals surface area contributed by atoms with Gasteiger partial charge in [-0.05, 0) is 36.6 Å². The Morgan fingerprint density at radius 2 is 2.14 bits per heavy atom. The minimum absolute atomic E-state index is 0.706. The number of hydrogen-bond acceptors (Lipinski definition) is 1. The van der Waals surface area contributed by atoms with E-state index in [1.165, 1.54) is 5.56 Å². The molecule has 0 aliphatic heterocycles. The van der Waals surface area contributed by atoms with Crippen LogP contribution in [0.15, 0.2) is 24.8 Å². The molecule has 1 nitrogen and oxygen atoms in total. The molecule has 0 spiro atoms. The number of ether oxygens (including phenoxy) is 1. The van der Waals surface area contributed by atoms with Crippen LogP contribution < -0.4 is 4.74 Å². The van der Waals surface area contributed by atoms with Crippen LogP contribution >= 0.6 is 0 Å². The number of rotatable bonds is 5. The van der Waals surface area contributed by atoms with Gasteiger partial charge in [0.2, 0.25) is 0 Å². The minimum atomic E-state index is 0.706. The maximum Gasteiger partial charge on any atom is 0.123 e. The summed E-state index contributed by atoms with van der Waals surface area (Å²) in [5.74, 6) is 0.975. The molecule has 0 fully saturated rings. The first-order valence-electron chi connectivity index (χ1n) is 5.10. The molecule has 0 N–H and O–H groups in total. The molecule has 0 heterocycles. The van der Waals surface area contributed by atoms with E-state index in [0.29, 0.717) is 6.61 Å². The molecule has 1 aromatic rings. The van der Waals surface area contributed by atoms with E-state index in [1.54, 1.807) is 0 Å². The molecular weight excluding hydrogens is 172 g/mol. The van der Waals surface area contributed by atoms with E-state index in [1.807, 2.05) is 19.1 Å². The molecule has 1 aromatic carbocycles. The van der Waals surface area contributed by atoms with Crippen molar-refractivity contribution in [3.05, 3.63) is 42.0 Å². The summed E-state index contributed by atoms with van der Waals surface area (Å²) >= 11 is 0. The van der Waals surface area contributed by atoms with Crippen molar-refractivity contribution >= 4 is 0 Å². The molecule has 0 saturated carbocycles. The first-order valence-corrected chi connectivity index (χ1v) is 5.10. The van der Waals surface area contributed by atoms with Gasteiger partial charge >= 0.3 is 0 Å². The second kappa shape index (κ2) is 5.48. The topological polar surface area (TPSA) is 9.23 Å². The van der Waals surface area contributed by atoms with Gasteiger partial charge in [0.05, 0.1) is 6.61 Å². The normalized spacial score (nSPS) is 9.86. The Morgan fingerprint density at radius 3 is 2.71 bits per heavy atom. The second-order valence-corrected chi connectivity index (χ2v) is 3.18. The summed E-state index contributed by atoms with van der Waals surface area (Å²) in [6.45, 7) is 8.50. The van der Waals surface area contributed by atoms with Gasteiger partial charge in [-0.3, -0.25) is 0 Å². The fourth-order valence-electron chi connectivity index (χ4n) is 1.43. The van der Waals surface area contributed by atoms with Crippen LogP contribution in [0.25, 0.3) is 0 Å². The molecule has 1 radical (unpaired) electrons. The van der Waals surface area contributed by atoms with E-state index in [4.69, 9.17) is 4.74 Å². The van der Waals surface area contributed by atoms with Gasteiger partial charge in [0.15, 0.2) is 0 Å². The van der Waals surface area contributed by atoms with Crippen LogP contribution in [0.2, 0.25) is 0 Å². The SMILES string of the molecule is C=[C]c1ccc(CCC)c(OCC)c1. The smallest absolute Gasteiger partial charge is 0.123 e. The Morgan fingerprint density at radius 1 is 1.36 bits per heavy atom. The van der Waals surface area contributed by atoms with Crippen LogP contribution in [0.5, 0.6) is 5.75 Å². The average molecular weight is 189 g/mol. The van der Waals surface area contributed by atoms with Gasteiger partial charge in [-0.25, -0.2) is 0 Å². The van der Waals surface area contributed by atoms with Gasteiger partial charge < -0.3 is 4.74 Å². The molecule has 75 valence electrons. The highest BCUT2D eigenvalue weighted by atomic mass is 16.5. The molecule has 0 atom stereocenters. The van der Waals surface area contributed by atoms with E-state index in [9.17, 15) is 0 Å². The second-order valence-electron chi connectivity index (χ2n) is 3.18. The van der Waals surface area contributed by atoms with Crippen molar-refractivity contribution in [2.24, 2.45) is 0 Å². The molecule has 0 unspecified atom stereocenters. The van der Waals surface area contributed by atoms with Crippen molar-refractivity contribution in [2.75, 3.05) is 6.61 Å². The highest BCUT2D eigenvalue weighted by molar-refractivity contribution is 5.39. The lowest BCUT2D eigenvalue weighted by Gasteiger charge is -2.10. The molecule has 14 heavy (non-hydrogen) atoms. The van der Waals surface area contributed by atoms with E-state index < -0.39 is 0 Å². The maximum atomic E-state index is 5.56. The summed E-state index contributed by atoms with van der Waals surface area (Å²) in [6.07, 6.45) is 5.06. The Kier molecular flexibility index (Phi) is 4.24. The largest absolute Gasteiger partial charge is 0.494 e. The fraction of sp³-hybridized carbons (Fsp3) is 0.385. The van der Waals surface area contributed by atoms with Crippen LogP contribution in [0.1, 0.15) is 31.4 Å². The van der Waals surface area contributed by atoms with Gasteiger partial charge in [-0.15, -0.1) is 0 Å². The quantitative estimate of drug-likeness (QED) is 0.690. The lowest BCUT2D eigenvalue weighted by atomic mass is 10.1. The van der Waals surface area contributed by atoms with Crippen molar-refractivity contribution in [1.82, 2.24) is 0 Å². The van der Waals surface area contributed by atoms with E-state index in [2.05, 4.69) is 25.6 Å². The van der Waals surface area contributed by atoms with Crippen molar-refractivity contribution in [3.63, 3.8) is 0 Å². The molecule has 0 amide bonds. The zero-order chi connectivity index (χ0) is 10.4. The summed E-state index contributed by atoms with van der Waals surface area (Å²) in [7, 11) is 0. The molecule has 0 bridgehead atoms. The van der Waals surface area contributed by atoms with E-state index >= 15 is 0 Å². The Bertz CT molecular complexity index is 302. The van der Waals surface area contributed by atoms with Gasteiger partial charge in [0.1, 0.15) is 5.75 Å². The number of benzene rings is 1. The Balaban J connectivity index is 2.96. The maximum absolute atomic E-state index is 5.56. The molecule has 1 rings (SSSR count). The number of hydrogen-bond donors (Lipinski definition) is 0. The third-order valence-corrected chi connectivity index (χ3v) is 2.09. The zero-order valence-electron chi connectivity index (χ0n) is 8.97. The summed E-state index contributed by atoms with van der Waals surface area (Å²) in [5.41, 5.74) is 2.27. The fourth-order valence-corrected chi connectivity index (χ4v) is 1.43. The molecule has 0 aromatic heterocycles. The van der Waals surface area contributed by atoms with Crippen molar-refractivity contribution < 1.29 is 4.74 Å². The van der Waals surface area contributed by atoms with Crippen LogP contribution in [0.3, 0.4) is 0 Å². The summed E-state index contributed by atoms with van der Waals surface area (Å²) in [6, 6.07) is 6.13. The van der Waals surface area contributed by atoms with Crippen molar-refractivity contribution in [2.45, 2.75) is 26.7 Å². The number of aryl methyl sites for hydroxylation is 1. The molecule has 0 aliphatic carbocycles. The first-order chi connectivity index (χ1) is 6.81. The van der Waals surface area contributed by atoms with Gasteiger partial charge in [-0.1, -0.05) is 32.1 Å². The van der Waals surface area contributed by atoms with Crippen LogP contribution in [0, 0.1) is 6.08 Å². The third kappa shape index (κ3) is 2.63. The highest BCUT2D eigenvalue weighted by Gasteiger charge is 2.02. The first kappa shape index (κ1) is 10.8. The average Bonchev–Trinajstić information content (AvgIpc) is 2.21. The summed E-state index contributed by atoms with van der Waals surface area (Å²) in [4.78, 5) is 0. The monoisotopic (exact) mass is 189 g/mol. The van der Waals surface area contributed by atoms with Crippen molar-refractivity contribution in [3.8, 4) is 5.75 Å². The zero-order valence-corrected chi connectivity index (χ0v) is 8.97. The van der Waals surface area contributed by atoms with Crippen LogP contribution in [-0.2, 0) is 6.42 Å². The predicted molar refractivity (Wildman–Crippen MR) is 59.6 cm³/mol. The van der Waals surface area contributed by atoms with E-state index in [-0.39, 0.29) is 0 Å².